The Kier molecular flexibility index (Phi) is 3.21. The number of carbonyl (C=O) groups is 2. The zero-order chi connectivity index (χ0) is 15.0. The molecule has 0 atom stereocenters. The highest BCUT2D eigenvalue weighted by Gasteiger charge is 2.43. The van der Waals surface area contributed by atoms with Crippen molar-refractivity contribution >= 4 is 11.9 Å². The first-order valence-electron chi connectivity index (χ1n) is 6.52. The number of likely N-dealkylation sites (tertiary alicyclic amines) is 1. The number of carbonyl (C=O) groups excluding carboxylic acids is 1. The number of carboxylic acids is 1. The maximum atomic E-state index is 12.3. The fourth-order valence-corrected chi connectivity index (χ4v) is 2.44. The van der Waals surface area contributed by atoms with Crippen LogP contribution in [0.4, 0.5) is 0 Å². The Labute approximate surface area is 121 Å². The van der Waals surface area contributed by atoms with Crippen LogP contribution in [0.15, 0.2) is 18.2 Å². The Balaban J connectivity index is 1.62. The second-order valence-electron chi connectivity index (χ2n) is 5.36. The molecule has 1 N–H and O–H groups in total. The van der Waals surface area contributed by atoms with Gasteiger partial charge in [0.05, 0.1) is 13.1 Å². The molecule has 0 aromatic heterocycles. The molecule has 2 aliphatic rings. The number of fused-ring (bicyclic) bond motifs is 1. The highest BCUT2D eigenvalue weighted by molar-refractivity contribution is 5.95. The van der Waals surface area contributed by atoms with Crippen LogP contribution in [0.2, 0.25) is 0 Å². The fourth-order valence-electron chi connectivity index (χ4n) is 2.44. The Bertz CT molecular complexity index is 593. The van der Waals surface area contributed by atoms with Gasteiger partial charge in [0.25, 0.3) is 5.91 Å². The second kappa shape index (κ2) is 4.92. The van der Waals surface area contributed by atoms with Crippen molar-refractivity contribution in [1.29, 1.82) is 0 Å². The highest BCUT2D eigenvalue weighted by Crippen LogP contribution is 2.34. The number of nitrogens with zero attached hydrogens (tertiary/aromatic N) is 1. The molecule has 2 heterocycles. The number of rotatable bonds is 4. The van der Waals surface area contributed by atoms with Crippen molar-refractivity contribution in [2.45, 2.75) is 12.5 Å². The van der Waals surface area contributed by atoms with Gasteiger partial charge in [-0.05, 0) is 25.1 Å². The van der Waals surface area contributed by atoms with Crippen LogP contribution in [-0.2, 0) is 9.53 Å². The lowest BCUT2D eigenvalue weighted by Gasteiger charge is -2.47. The van der Waals surface area contributed by atoms with E-state index in [9.17, 15) is 9.59 Å². The van der Waals surface area contributed by atoms with Gasteiger partial charge < -0.3 is 24.2 Å². The van der Waals surface area contributed by atoms with Crippen molar-refractivity contribution in [2.24, 2.45) is 0 Å². The zero-order valence-corrected chi connectivity index (χ0v) is 11.5. The van der Waals surface area contributed by atoms with Gasteiger partial charge in [0.1, 0.15) is 12.2 Å². The molecular weight excluding hydrogens is 278 g/mol. The quantitative estimate of drug-likeness (QED) is 0.881. The standard InChI is InChI=1S/C14H15NO6/c1-14(21-5-12(16)17)6-15(7-14)13(18)9-2-3-10-11(4-9)20-8-19-10/h2-4H,5-8H2,1H3,(H,16,17). The summed E-state index contributed by atoms with van der Waals surface area (Å²) in [6.45, 7) is 2.33. The van der Waals surface area contributed by atoms with E-state index in [4.69, 9.17) is 19.3 Å². The summed E-state index contributed by atoms with van der Waals surface area (Å²) in [7, 11) is 0. The van der Waals surface area contributed by atoms with Gasteiger partial charge in [-0.3, -0.25) is 4.79 Å². The number of ether oxygens (including phenoxy) is 3. The summed E-state index contributed by atoms with van der Waals surface area (Å²) in [5.74, 6) is 0.0394. The molecule has 1 fully saturated rings. The highest BCUT2D eigenvalue weighted by atomic mass is 16.7. The Morgan fingerprint density at radius 3 is 2.76 bits per heavy atom. The van der Waals surface area contributed by atoms with Crippen molar-refractivity contribution in [1.82, 2.24) is 4.90 Å². The van der Waals surface area contributed by atoms with Gasteiger partial charge in [0, 0.05) is 5.56 Å². The lowest BCUT2D eigenvalue weighted by atomic mass is 9.95. The van der Waals surface area contributed by atoms with Gasteiger partial charge in [0.15, 0.2) is 11.5 Å². The molecule has 7 heteroatoms. The Morgan fingerprint density at radius 1 is 1.33 bits per heavy atom. The van der Waals surface area contributed by atoms with Crippen LogP contribution in [0.3, 0.4) is 0 Å². The molecule has 1 aromatic rings. The van der Waals surface area contributed by atoms with Crippen LogP contribution in [0, 0.1) is 0 Å². The van der Waals surface area contributed by atoms with Crippen LogP contribution in [0.5, 0.6) is 11.5 Å². The molecule has 0 aliphatic carbocycles. The summed E-state index contributed by atoms with van der Waals surface area (Å²) < 4.78 is 15.7. The Hall–Kier alpha value is -2.28. The van der Waals surface area contributed by atoms with Crippen LogP contribution in [-0.4, -0.2) is 54.0 Å². The number of benzene rings is 1. The largest absolute Gasteiger partial charge is 0.480 e. The van der Waals surface area contributed by atoms with Gasteiger partial charge in [-0.15, -0.1) is 0 Å². The molecule has 2 aliphatic heterocycles. The van der Waals surface area contributed by atoms with E-state index >= 15 is 0 Å². The molecule has 1 amide bonds. The van der Waals surface area contributed by atoms with E-state index in [0.717, 1.165) is 0 Å². The van der Waals surface area contributed by atoms with E-state index < -0.39 is 11.6 Å². The molecule has 3 rings (SSSR count). The zero-order valence-electron chi connectivity index (χ0n) is 11.5. The van der Waals surface area contributed by atoms with Crippen LogP contribution < -0.4 is 9.47 Å². The number of aliphatic carboxylic acids is 1. The summed E-state index contributed by atoms with van der Waals surface area (Å²) in [6.07, 6.45) is 0. The molecule has 112 valence electrons. The van der Waals surface area contributed by atoms with E-state index in [2.05, 4.69) is 0 Å². The summed E-state index contributed by atoms with van der Waals surface area (Å²) in [4.78, 5) is 24.4. The predicted octanol–water partition coefficient (Wildman–Crippen LogP) is 0.731. The number of carboxylic acid groups (broad SMARTS) is 1. The lowest BCUT2D eigenvalue weighted by molar-refractivity contribution is -0.159. The molecule has 7 nitrogen and oxygen atoms in total. The molecule has 0 spiro atoms. The third-order valence-corrected chi connectivity index (χ3v) is 3.50. The minimum Gasteiger partial charge on any atom is -0.480 e. The van der Waals surface area contributed by atoms with Crippen molar-refractivity contribution in [3.8, 4) is 11.5 Å². The maximum absolute atomic E-state index is 12.3. The van der Waals surface area contributed by atoms with Crippen molar-refractivity contribution in [3.63, 3.8) is 0 Å². The third kappa shape index (κ3) is 2.64. The van der Waals surface area contributed by atoms with Crippen molar-refractivity contribution in [3.05, 3.63) is 23.8 Å². The number of hydrogen-bond acceptors (Lipinski definition) is 5. The predicted molar refractivity (Wildman–Crippen MR) is 70.5 cm³/mol. The van der Waals surface area contributed by atoms with E-state index in [1.54, 1.807) is 30.0 Å². The van der Waals surface area contributed by atoms with E-state index in [-0.39, 0.29) is 19.3 Å². The van der Waals surface area contributed by atoms with E-state index in [0.29, 0.717) is 30.2 Å². The van der Waals surface area contributed by atoms with E-state index in [1.165, 1.54) is 0 Å². The molecule has 1 aromatic carbocycles. The summed E-state index contributed by atoms with van der Waals surface area (Å²) >= 11 is 0. The molecule has 0 saturated carbocycles. The van der Waals surface area contributed by atoms with Crippen LogP contribution in [0.25, 0.3) is 0 Å². The first kappa shape index (κ1) is 13.7. The van der Waals surface area contributed by atoms with Gasteiger partial charge >= 0.3 is 5.97 Å². The van der Waals surface area contributed by atoms with Gasteiger partial charge in [-0.25, -0.2) is 4.79 Å². The second-order valence-corrected chi connectivity index (χ2v) is 5.36. The van der Waals surface area contributed by atoms with Crippen LogP contribution >= 0.6 is 0 Å². The number of amides is 1. The molecule has 0 radical (unpaired) electrons. The van der Waals surface area contributed by atoms with Crippen molar-refractivity contribution in [2.75, 3.05) is 26.5 Å². The summed E-state index contributed by atoms with van der Waals surface area (Å²) in [5, 5.41) is 8.61. The molecular formula is C14H15NO6. The molecule has 1 saturated heterocycles. The average molecular weight is 293 g/mol. The monoisotopic (exact) mass is 293 g/mol. The maximum Gasteiger partial charge on any atom is 0.329 e. The topological polar surface area (TPSA) is 85.3 Å². The van der Waals surface area contributed by atoms with Gasteiger partial charge in [-0.2, -0.15) is 0 Å². The number of hydrogen-bond donors (Lipinski definition) is 1. The Morgan fingerprint density at radius 2 is 2.05 bits per heavy atom. The minimum atomic E-state index is -1.02. The normalized spacial score (nSPS) is 18.2. The van der Waals surface area contributed by atoms with Crippen molar-refractivity contribution < 1.29 is 28.9 Å². The lowest BCUT2D eigenvalue weighted by Crippen LogP contribution is -2.63. The summed E-state index contributed by atoms with van der Waals surface area (Å²) in [5.41, 5.74) is -0.0794. The average Bonchev–Trinajstić information content (AvgIpc) is 2.88. The van der Waals surface area contributed by atoms with Crippen LogP contribution in [0.1, 0.15) is 17.3 Å². The molecule has 0 bridgehead atoms. The minimum absolute atomic E-state index is 0.135. The smallest absolute Gasteiger partial charge is 0.329 e. The SMILES string of the molecule is CC1(OCC(=O)O)CN(C(=O)c2ccc3c(c2)OCO3)C1. The molecule has 21 heavy (non-hydrogen) atoms. The van der Waals surface area contributed by atoms with Gasteiger partial charge in [-0.1, -0.05) is 0 Å². The summed E-state index contributed by atoms with van der Waals surface area (Å²) in [6, 6.07) is 5.04. The fraction of sp³-hybridized carbons (Fsp3) is 0.429. The third-order valence-electron chi connectivity index (χ3n) is 3.50. The first-order valence-corrected chi connectivity index (χ1v) is 6.52. The van der Waals surface area contributed by atoms with E-state index in [1.807, 2.05) is 0 Å². The first-order chi connectivity index (χ1) is 9.97. The molecule has 0 unspecified atom stereocenters. The van der Waals surface area contributed by atoms with Gasteiger partial charge in [0.2, 0.25) is 6.79 Å².